The molecule has 2 heteroatoms. The molecule has 1 saturated carbocycles. The summed E-state index contributed by atoms with van der Waals surface area (Å²) < 4.78 is 0. The normalized spacial score (nSPS) is 20.8. The highest BCUT2D eigenvalue weighted by Crippen LogP contribution is 2.37. The highest BCUT2D eigenvalue weighted by atomic mass is 14.9. The first kappa shape index (κ1) is 13.0. The Bertz CT molecular complexity index is 160. The number of nitrogens with two attached hydrogens (primary N) is 1. The van der Waals surface area contributed by atoms with Gasteiger partial charge in [0, 0.05) is 0 Å². The quantitative estimate of drug-likeness (QED) is 0.664. The summed E-state index contributed by atoms with van der Waals surface area (Å²) in [5.74, 6) is 0.755. The number of rotatable bonds is 6. The second-order valence-corrected chi connectivity index (χ2v) is 5.61. The van der Waals surface area contributed by atoms with E-state index in [2.05, 4.69) is 19.2 Å². The van der Waals surface area contributed by atoms with Crippen molar-refractivity contribution < 1.29 is 0 Å². The van der Waals surface area contributed by atoms with E-state index in [1.165, 1.54) is 38.5 Å². The molecule has 0 unspecified atom stereocenters. The van der Waals surface area contributed by atoms with E-state index in [0.29, 0.717) is 5.41 Å². The zero-order valence-corrected chi connectivity index (χ0v) is 10.5. The fraction of sp³-hybridized carbons (Fsp3) is 1.00. The average Bonchev–Trinajstić information content (AvgIpc) is 2.26. The van der Waals surface area contributed by atoms with Crippen molar-refractivity contribution in [1.29, 1.82) is 0 Å². The van der Waals surface area contributed by atoms with Gasteiger partial charge in [0.1, 0.15) is 0 Å². The molecule has 0 spiro atoms. The van der Waals surface area contributed by atoms with Crippen LogP contribution >= 0.6 is 0 Å². The smallest absolute Gasteiger partial charge is 0.00201 e. The van der Waals surface area contributed by atoms with E-state index in [4.69, 9.17) is 5.73 Å². The van der Waals surface area contributed by atoms with Crippen LogP contribution in [0.1, 0.15) is 52.4 Å². The van der Waals surface area contributed by atoms with Gasteiger partial charge in [0.15, 0.2) is 0 Å². The topological polar surface area (TPSA) is 38.0 Å². The van der Waals surface area contributed by atoms with E-state index in [9.17, 15) is 0 Å². The molecule has 1 aliphatic rings. The molecule has 15 heavy (non-hydrogen) atoms. The summed E-state index contributed by atoms with van der Waals surface area (Å²) in [4.78, 5) is 0. The minimum Gasteiger partial charge on any atom is -0.330 e. The van der Waals surface area contributed by atoms with Gasteiger partial charge >= 0.3 is 0 Å². The molecular formula is C13H28N2. The van der Waals surface area contributed by atoms with E-state index in [1.54, 1.807) is 0 Å². The molecule has 1 rings (SSSR count). The summed E-state index contributed by atoms with van der Waals surface area (Å²) in [6, 6.07) is 0. The molecule has 0 heterocycles. The molecule has 0 aromatic heterocycles. The van der Waals surface area contributed by atoms with Crippen LogP contribution in [0.4, 0.5) is 0 Å². The van der Waals surface area contributed by atoms with Crippen molar-refractivity contribution in [3.63, 3.8) is 0 Å². The largest absolute Gasteiger partial charge is 0.330 e. The van der Waals surface area contributed by atoms with Crippen molar-refractivity contribution in [2.45, 2.75) is 52.4 Å². The third kappa shape index (κ3) is 4.52. The molecular weight excluding hydrogens is 184 g/mol. The van der Waals surface area contributed by atoms with Crippen LogP contribution in [-0.2, 0) is 0 Å². The molecule has 3 N–H and O–H groups in total. The zero-order valence-electron chi connectivity index (χ0n) is 10.5. The second kappa shape index (κ2) is 6.49. The maximum absolute atomic E-state index is 5.95. The van der Waals surface area contributed by atoms with Gasteiger partial charge < -0.3 is 11.1 Å². The molecule has 0 atom stereocenters. The molecule has 1 fully saturated rings. The standard InChI is InChI=1S/C13H28N2/c1-12(2)10-15-9-8-13(11-14)6-4-3-5-7-13/h12,15H,3-11,14H2,1-2H3. The lowest BCUT2D eigenvalue weighted by Crippen LogP contribution is -2.36. The van der Waals surface area contributed by atoms with Gasteiger partial charge in [0.25, 0.3) is 0 Å². The minimum absolute atomic E-state index is 0.474. The van der Waals surface area contributed by atoms with Crippen molar-refractivity contribution in [2.75, 3.05) is 19.6 Å². The Morgan fingerprint density at radius 2 is 1.87 bits per heavy atom. The van der Waals surface area contributed by atoms with Gasteiger partial charge in [-0.15, -0.1) is 0 Å². The van der Waals surface area contributed by atoms with Crippen LogP contribution in [0.5, 0.6) is 0 Å². The summed E-state index contributed by atoms with van der Waals surface area (Å²) in [6.45, 7) is 7.69. The monoisotopic (exact) mass is 212 g/mol. The number of nitrogens with one attached hydrogen (secondary N) is 1. The Balaban J connectivity index is 2.20. The van der Waals surface area contributed by atoms with Crippen LogP contribution in [0, 0.1) is 11.3 Å². The summed E-state index contributed by atoms with van der Waals surface area (Å²) in [6.07, 6.45) is 8.18. The van der Waals surface area contributed by atoms with Crippen LogP contribution < -0.4 is 11.1 Å². The van der Waals surface area contributed by atoms with Crippen molar-refractivity contribution in [3.8, 4) is 0 Å². The third-order valence-corrected chi connectivity index (χ3v) is 3.73. The molecule has 0 radical (unpaired) electrons. The predicted octanol–water partition coefficient (Wildman–Crippen LogP) is 2.53. The van der Waals surface area contributed by atoms with E-state index in [0.717, 1.165) is 25.6 Å². The average molecular weight is 212 g/mol. The summed E-state index contributed by atoms with van der Waals surface area (Å²) >= 11 is 0. The first-order chi connectivity index (χ1) is 7.18. The Labute approximate surface area is 95.0 Å². The first-order valence-electron chi connectivity index (χ1n) is 6.59. The SMILES string of the molecule is CC(C)CNCCC1(CN)CCCCC1. The Kier molecular flexibility index (Phi) is 5.62. The zero-order chi connectivity index (χ0) is 11.1. The fourth-order valence-corrected chi connectivity index (χ4v) is 2.60. The summed E-state index contributed by atoms with van der Waals surface area (Å²) in [5, 5.41) is 3.54. The van der Waals surface area contributed by atoms with Gasteiger partial charge in [-0.05, 0) is 50.2 Å². The van der Waals surface area contributed by atoms with Gasteiger partial charge in [-0.25, -0.2) is 0 Å². The third-order valence-electron chi connectivity index (χ3n) is 3.73. The maximum Gasteiger partial charge on any atom is -0.00201 e. The highest BCUT2D eigenvalue weighted by Gasteiger charge is 2.29. The minimum atomic E-state index is 0.474. The molecule has 0 aromatic rings. The molecule has 2 nitrogen and oxygen atoms in total. The Morgan fingerprint density at radius 1 is 1.20 bits per heavy atom. The van der Waals surface area contributed by atoms with Crippen molar-refractivity contribution in [3.05, 3.63) is 0 Å². The Morgan fingerprint density at radius 3 is 2.40 bits per heavy atom. The van der Waals surface area contributed by atoms with Gasteiger partial charge in [-0.1, -0.05) is 33.1 Å². The van der Waals surface area contributed by atoms with Crippen LogP contribution in [0.2, 0.25) is 0 Å². The van der Waals surface area contributed by atoms with Gasteiger partial charge in [0.2, 0.25) is 0 Å². The summed E-state index contributed by atoms with van der Waals surface area (Å²) in [5.41, 5.74) is 6.43. The Hall–Kier alpha value is -0.0800. The molecule has 0 aliphatic heterocycles. The van der Waals surface area contributed by atoms with Gasteiger partial charge in [0.05, 0.1) is 0 Å². The highest BCUT2D eigenvalue weighted by molar-refractivity contribution is 4.84. The van der Waals surface area contributed by atoms with Crippen molar-refractivity contribution in [1.82, 2.24) is 5.32 Å². The number of hydrogen-bond donors (Lipinski definition) is 2. The fourth-order valence-electron chi connectivity index (χ4n) is 2.60. The lowest BCUT2D eigenvalue weighted by atomic mass is 9.72. The van der Waals surface area contributed by atoms with Crippen molar-refractivity contribution in [2.24, 2.45) is 17.1 Å². The van der Waals surface area contributed by atoms with Crippen LogP contribution in [0.15, 0.2) is 0 Å². The lowest BCUT2D eigenvalue weighted by Gasteiger charge is -2.36. The van der Waals surface area contributed by atoms with E-state index >= 15 is 0 Å². The van der Waals surface area contributed by atoms with E-state index in [-0.39, 0.29) is 0 Å². The van der Waals surface area contributed by atoms with Gasteiger partial charge in [-0.2, -0.15) is 0 Å². The van der Waals surface area contributed by atoms with Crippen LogP contribution in [-0.4, -0.2) is 19.6 Å². The molecule has 90 valence electrons. The van der Waals surface area contributed by atoms with Crippen molar-refractivity contribution >= 4 is 0 Å². The van der Waals surface area contributed by atoms with Crippen LogP contribution in [0.25, 0.3) is 0 Å². The van der Waals surface area contributed by atoms with Crippen LogP contribution in [0.3, 0.4) is 0 Å². The van der Waals surface area contributed by atoms with E-state index < -0.39 is 0 Å². The summed E-state index contributed by atoms with van der Waals surface area (Å²) in [7, 11) is 0. The second-order valence-electron chi connectivity index (χ2n) is 5.61. The molecule has 0 saturated heterocycles. The maximum atomic E-state index is 5.95. The predicted molar refractivity (Wildman–Crippen MR) is 66.9 cm³/mol. The molecule has 0 bridgehead atoms. The van der Waals surface area contributed by atoms with E-state index in [1.807, 2.05) is 0 Å². The number of hydrogen-bond acceptors (Lipinski definition) is 2. The lowest BCUT2D eigenvalue weighted by molar-refractivity contribution is 0.180. The van der Waals surface area contributed by atoms with Gasteiger partial charge in [-0.3, -0.25) is 0 Å². The first-order valence-corrected chi connectivity index (χ1v) is 6.59. The molecule has 0 aromatic carbocycles. The molecule has 1 aliphatic carbocycles. The molecule has 0 amide bonds.